The fraction of sp³-hybridized carbons (Fsp3) is 0.941. The lowest BCUT2D eigenvalue weighted by atomic mass is 9.94. The first kappa shape index (κ1) is 19.2. The highest BCUT2D eigenvalue weighted by Gasteiger charge is 2.32. The molecule has 0 aromatic rings. The van der Waals surface area contributed by atoms with E-state index < -0.39 is 0 Å². The van der Waals surface area contributed by atoms with E-state index in [4.69, 9.17) is 9.47 Å². The number of ether oxygens (including phenoxy) is 2. The van der Waals surface area contributed by atoms with Crippen molar-refractivity contribution in [3.05, 3.63) is 0 Å². The largest absolute Gasteiger partial charge is 0.381 e. The summed E-state index contributed by atoms with van der Waals surface area (Å²) in [5, 5.41) is 6.90. The summed E-state index contributed by atoms with van der Waals surface area (Å²) in [6.45, 7) is 6.79. The lowest BCUT2D eigenvalue weighted by Gasteiger charge is -2.36. The Morgan fingerprint density at radius 3 is 2.59 bits per heavy atom. The van der Waals surface area contributed by atoms with E-state index in [0.29, 0.717) is 6.04 Å². The van der Waals surface area contributed by atoms with Gasteiger partial charge in [0.2, 0.25) is 0 Å². The molecule has 5 heteroatoms. The Balaban J connectivity index is 2.32. The summed E-state index contributed by atoms with van der Waals surface area (Å²) in [5.41, 5.74) is -0.125. The van der Waals surface area contributed by atoms with Crippen molar-refractivity contribution in [2.75, 3.05) is 33.9 Å². The van der Waals surface area contributed by atoms with Crippen molar-refractivity contribution < 1.29 is 9.47 Å². The monoisotopic (exact) mass is 313 g/mol. The van der Waals surface area contributed by atoms with Gasteiger partial charge in [-0.25, -0.2) is 0 Å². The minimum atomic E-state index is -0.125. The second-order valence-corrected chi connectivity index (χ2v) is 6.32. The van der Waals surface area contributed by atoms with Gasteiger partial charge in [-0.3, -0.25) is 4.99 Å². The van der Waals surface area contributed by atoms with Crippen molar-refractivity contribution in [3.63, 3.8) is 0 Å². The van der Waals surface area contributed by atoms with Crippen LogP contribution in [-0.2, 0) is 9.47 Å². The average Bonchev–Trinajstić information content (AvgIpc) is 2.56. The Morgan fingerprint density at radius 2 is 2.00 bits per heavy atom. The minimum Gasteiger partial charge on any atom is -0.381 e. The van der Waals surface area contributed by atoms with Crippen LogP contribution in [0.1, 0.15) is 58.8 Å². The molecular weight excluding hydrogens is 278 g/mol. The van der Waals surface area contributed by atoms with Crippen molar-refractivity contribution in [1.82, 2.24) is 10.6 Å². The number of methoxy groups -OCH3 is 1. The Labute approximate surface area is 136 Å². The van der Waals surface area contributed by atoms with Gasteiger partial charge in [0.25, 0.3) is 0 Å². The SMILES string of the molecule is CCCCCCC(C)NC(=NC)NCC1(OC)CCOCC1. The molecule has 22 heavy (non-hydrogen) atoms. The molecule has 1 rings (SSSR count). The number of rotatable bonds is 9. The van der Waals surface area contributed by atoms with E-state index in [1.54, 1.807) is 7.11 Å². The van der Waals surface area contributed by atoms with Gasteiger partial charge >= 0.3 is 0 Å². The summed E-state index contributed by atoms with van der Waals surface area (Å²) in [7, 11) is 3.61. The zero-order valence-corrected chi connectivity index (χ0v) is 14.9. The summed E-state index contributed by atoms with van der Waals surface area (Å²) in [5.74, 6) is 0.867. The van der Waals surface area contributed by atoms with Gasteiger partial charge in [-0.15, -0.1) is 0 Å². The first-order valence-corrected chi connectivity index (χ1v) is 8.76. The second-order valence-electron chi connectivity index (χ2n) is 6.32. The predicted molar refractivity (Wildman–Crippen MR) is 92.5 cm³/mol. The predicted octanol–water partition coefficient (Wildman–Crippen LogP) is 2.71. The molecule has 0 aromatic heterocycles. The van der Waals surface area contributed by atoms with Crippen molar-refractivity contribution in [3.8, 4) is 0 Å². The van der Waals surface area contributed by atoms with Gasteiger partial charge in [0, 0.05) is 52.8 Å². The maximum Gasteiger partial charge on any atom is 0.191 e. The van der Waals surface area contributed by atoms with Gasteiger partial charge in [0.15, 0.2) is 5.96 Å². The van der Waals surface area contributed by atoms with Crippen molar-refractivity contribution >= 4 is 5.96 Å². The van der Waals surface area contributed by atoms with E-state index in [9.17, 15) is 0 Å². The number of unbranched alkanes of at least 4 members (excludes halogenated alkanes) is 3. The fourth-order valence-electron chi connectivity index (χ4n) is 2.82. The number of nitrogens with zero attached hydrogens (tertiary/aromatic N) is 1. The minimum absolute atomic E-state index is 0.125. The van der Waals surface area contributed by atoms with Crippen molar-refractivity contribution in [2.45, 2.75) is 70.4 Å². The zero-order chi connectivity index (χ0) is 16.3. The molecule has 1 aliphatic heterocycles. The van der Waals surface area contributed by atoms with Crippen LogP contribution in [0.3, 0.4) is 0 Å². The number of hydrogen-bond donors (Lipinski definition) is 2. The van der Waals surface area contributed by atoms with Gasteiger partial charge in [0.1, 0.15) is 0 Å². The Bertz CT molecular complexity index is 315. The van der Waals surface area contributed by atoms with E-state index in [2.05, 4.69) is 29.5 Å². The smallest absolute Gasteiger partial charge is 0.191 e. The van der Waals surface area contributed by atoms with Crippen LogP contribution in [0.15, 0.2) is 4.99 Å². The van der Waals surface area contributed by atoms with E-state index in [-0.39, 0.29) is 5.60 Å². The standard InChI is InChI=1S/C17H35N3O2/c1-5-6-7-8-9-15(2)20-16(18-3)19-14-17(21-4)10-12-22-13-11-17/h15H,5-14H2,1-4H3,(H2,18,19,20). The van der Waals surface area contributed by atoms with Crippen molar-refractivity contribution in [1.29, 1.82) is 0 Å². The molecule has 0 amide bonds. The molecular formula is C17H35N3O2. The summed E-state index contributed by atoms with van der Waals surface area (Å²) in [6.07, 6.45) is 8.26. The van der Waals surface area contributed by atoms with E-state index in [1.807, 2.05) is 7.05 Å². The first-order valence-electron chi connectivity index (χ1n) is 8.76. The van der Waals surface area contributed by atoms with Crippen molar-refractivity contribution in [2.24, 2.45) is 4.99 Å². The molecule has 0 radical (unpaired) electrons. The molecule has 1 atom stereocenters. The van der Waals surface area contributed by atoms with Crippen LogP contribution in [-0.4, -0.2) is 51.5 Å². The average molecular weight is 313 g/mol. The van der Waals surface area contributed by atoms with E-state index >= 15 is 0 Å². The molecule has 0 bridgehead atoms. The number of guanidine groups is 1. The van der Waals surface area contributed by atoms with Crippen LogP contribution in [0.5, 0.6) is 0 Å². The van der Waals surface area contributed by atoms with Gasteiger partial charge in [-0.05, 0) is 13.3 Å². The second kappa shape index (κ2) is 10.8. The summed E-state index contributed by atoms with van der Waals surface area (Å²) >= 11 is 0. The molecule has 5 nitrogen and oxygen atoms in total. The Hall–Kier alpha value is -0.810. The molecule has 1 saturated heterocycles. The van der Waals surface area contributed by atoms with Crippen LogP contribution >= 0.6 is 0 Å². The molecule has 0 aliphatic carbocycles. The Morgan fingerprint density at radius 1 is 1.27 bits per heavy atom. The normalized spacial score (nSPS) is 19.7. The summed E-state index contributed by atoms with van der Waals surface area (Å²) < 4.78 is 11.2. The fourth-order valence-corrected chi connectivity index (χ4v) is 2.82. The van der Waals surface area contributed by atoms with Gasteiger partial charge in [-0.2, -0.15) is 0 Å². The molecule has 1 aliphatic rings. The third kappa shape index (κ3) is 6.97. The third-order valence-electron chi connectivity index (χ3n) is 4.51. The van der Waals surface area contributed by atoms with E-state index in [0.717, 1.165) is 38.6 Å². The summed E-state index contributed by atoms with van der Waals surface area (Å²) in [6, 6.07) is 0.441. The number of nitrogens with one attached hydrogen (secondary N) is 2. The molecule has 1 fully saturated rings. The van der Waals surface area contributed by atoms with Crippen LogP contribution in [0.2, 0.25) is 0 Å². The molecule has 2 N–H and O–H groups in total. The molecule has 0 aromatic carbocycles. The number of aliphatic imine (C=N–C) groups is 1. The van der Waals surface area contributed by atoms with Crippen LogP contribution in [0, 0.1) is 0 Å². The maximum absolute atomic E-state index is 5.75. The van der Waals surface area contributed by atoms with E-state index in [1.165, 1.54) is 32.1 Å². The molecule has 130 valence electrons. The zero-order valence-electron chi connectivity index (χ0n) is 14.9. The van der Waals surface area contributed by atoms with Gasteiger partial charge in [-0.1, -0.05) is 32.6 Å². The molecule has 0 saturated carbocycles. The highest BCUT2D eigenvalue weighted by molar-refractivity contribution is 5.80. The molecule has 1 heterocycles. The van der Waals surface area contributed by atoms with Crippen LogP contribution in [0.4, 0.5) is 0 Å². The molecule has 0 spiro atoms. The van der Waals surface area contributed by atoms with Crippen LogP contribution < -0.4 is 10.6 Å². The van der Waals surface area contributed by atoms with Crippen LogP contribution in [0.25, 0.3) is 0 Å². The quantitative estimate of drug-likeness (QED) is 0.390. The summed E-state index contributed by atoms with van der Waals surface area (Å²) in [4.78, 5) is 4.33. The first-order chi connectivity index (χ1) is 10.7. The Kier molecular flexibility index (Phi) is 9.48. The highest BCUT2D eigenvalue weighted by atomic mass is 16.5. The molecule has 1 unspecified atom stereocenters. The van der Waals surface area contributed by atoms with Gasteiger partial charge in [0.05, 0.1) is 5.60 Å². The number of hydrogen-bond acceptors (Lipinski definition) is 3. The van der Waals surface area contributed by atoms with Gasteiger partial charge < -0.3 is 20.1 Å². The lowest BCUT2D eigenvalue weighted by molar-refractivity contribution is -0.0855. The maximum atomic E-state index is 5.75. The topological polar surface area (TPSA) is 54.9 Å². The third-order valence-corrected chi connectivity index (χ3v) is 4.51. The highest BCUT2D eigenvalue weighted by Crippen LogP contribution is 2.23. The lowest BCUT2D eigenvalue weighted by Crippen LogP contribution is -2.52.